The van der Waals surface area contributed by atoms with Gasteiger partial charge in [-0.1, -0.05) is 0 Å². The number of aryl methyl sites for hydroxylation is 1. The highest BCUT2D eigenvalue weighted by atomic mass is 16.6. The zero-order valence-corrected chi connectivity index (χ0v) is 10.2. The van der Waals surface area contributed by atoms with Crippen molar-refractivity contribution < 1.29 is 14.8 Å². The van der Waals surface area contributed by atoms with Gasteiger partial charge in [0.1, 0.15) is 0 Å². The highest BCUT2D eigenvalue weighted by molar-refractivity contribution is 5.68. The van der Waals surface area contributed by atoms with Crippen LogP contribution in [0.3, 0.4) is 0 Å². The molecule has 1 saturated heterocycles. The summed E-state index contributed by atoms with van der Waals surface area (Å²) in [5.74, 6) is 0.0777. The minimum absolute atomic E-state index is 0.0531. The first-order valence-electron chi connectivity index (χ1n) is 5.54. The second kappa shape index (κ2) is 4.28. The molecule has 0 aromatic carbocycles. The summed E-state index contributed by atoms with van der Waals surface area (Å²) < 4.78 is 1.66. The number of nitrogens with zero attached hydrogens (tertiary/aromatic N) is 4. The van der Waals surface area contributed by atoms with E-state index in [9.17, 15) is 14.9 Å². The molecule has 1 aromatic rings. The van der Waals surface area contributed by atoms with E-state index in [1.807, 2.05) is 0 Å². The van der Waals surface area contributed by atoms with Gasteiger partial charge in [0.25, 0.3) is 0 Å². The molecule has 1 aliphatic heterocycles. The first kappa shape index (κ1) is 12.3. The predicted octanol–water partition coefficient (Wildman–Crippen LogP) is 0.548. The minimum atomic E-state index is -0.838. The topological polar surface area (TPSA) is 102 Å². The lowest BCUT2D eigenvalue weighted by molar-refractivity contribution is -0.388. The molecular weight excluding hydrogens is 240 g/mol. The van der Waals surface area contributed by atoms with Gasteiger partial charge in [0.05, 0.1) is 6.42 Å². The van der Waals surface area contributed by atoms with Gasteiger partial charge in [0.2, 0.25) is 11.6 Å². The van der Waals surface area contributed by atoms with Crippen LogP contribution in [0.2, 0.25) is 0 Å². The van der Waals surface area contributed by atoms with Gasteiger partial charge in [-0.2, -0.15) is 0 Å². The summed E-state index contributed by atoms with van der Waals surface area (Å²) >= 11 is 0. The SMILES string of the molecule is Cc1nc([N+](=O)[O-])c(N2CC(CC(=O)O)C2)n1C. The molecule has 1 fully saturated rings. The van der Waals surface area contributed by atoms with Gasteiger partial charge in [-0.3, -0.25) is 9.36 Å². The van der Waals surface area contributed by atoms with Gasteiger partial charge in [-0.05, 0) is 9.91 Å². The van der Waals surface area contributed by atoms with E-state index in [2.05, 4.69) is 4.98 Å². The Labute approximate surface area is 103 Å². The van der Waals surface area contributed by atoms with Crippen LogP contribution in [-0.4, -0.2) is 38.6 Å². The Balaban J connectivity index is 2.16. The van der Waals surface area contributed by atoms with Crippen molar-refractivity contribution in [3.8, 4) is 0 Å². The Morgan fingerprint density at radius 3 is 2.72 bits per heavy atom. The van der Waals surface area contributed by atoms with Crippen molar-refractivity contribution in [2.24, 2.45) is 13.0 Å². The van der Waals surface area contributed by atoms with Crippen molar-refractivity contribution in [3.05, 3.63) is 15.9 Å². The Bertz CT molecular complexity index is 504. The van der Waals surface area contributed by atoms with Gasteiger partial charge < -0.3 is 20.1 Å². The number of carbonyl (C=O) groups is 1. The summed E-state index contributed by atoms with van der Waals surface area (Å²) in [6.07, 6.45) is 0.0983. The lowest BCUT2D eigenvalue weighted by Crippen LogP contribution is -2.48. The van der Waals surface area contributed by atoms with Crippen LogP contribution in [0.25, 0.3) is 0 Å². The Hall–Kier alpha value is -2.12. The Kier molecular flexibility index (Phi) is 2.93. The second-order valence-corrected chi connectivity index (χ2v) is 4.49. The fraction of sp³-hybridized carbons (Fsp3) is 0.600. The van der Waals surface area contributed by atoms with Crippen molar-refractivity contribution in [3.63, 3.8) is 0 Å². The summed E-state index contributed by atoms with van der Waals surface area (Å²) in [6.45, 7) is 2.74. The zero-order chi connectivity index (χ0) is 13.4. The summed E-state index contributed by atoms with van der Waals surface area (Å²) in [5.41, 5.74) is 0. The van der Waals surface area contributed by atoms with Crippen molar-refractivity contribution in [1.82, 2.24) is 9.55 Å². The number of aromatic nitrogens is 2. The monoisotopic (exact) mass is 254 g/mol. The molecule has 1 aromatic heterocycles. The smallest absolute Gasteiger partial charge is 0.406 e. The van der Waals surface area contributed by atoms with Crippen molar-refractivity contribution >= 4 is 17.6 Å². The first-order chi connectivity index (χ1) is 8.40. The molecule has 2 rings (SSSR count). The summed E-state index contributed by atoms with van der Waals surface area (Å²) in [5, 5.41) is 19.6. The van der Waals surface area contributed by atoms with Crippen LogP contribution in [0, 0.1) is 23.0 Å². The highest BCUT2D eigenvalue weighted by Gasteiger charge is 2.36. The lowest BCUT2D eigenvalue weighted by atomic mass is 9.96. The van der Waals surface area contributed by atoms with Gasteiger partial charge in [0.15, 0.2) is 0 Å². The van der Waals surface area contributed by atoms with E-state index >= 15 is 0 Å². The zero-order valence-electron chi connectivity index (χ0n) is 10.2. The number of carboxylic acid groups (broad SMARTS) is 1. The first-order valence-corrected chi connectivity index (χ1v) is 5.54. The Morgan fingerprint density at radius 2 is 2.22 bits per heavy atom. The number of nitro groups is 1. The fourth-order valence-electron chi connectivity index (χ4n) is 2.18. The quantitative estimate of drug-likeness (QED) is 0.621. The average molecular weight is 254 g/mol. The van der Waals surface area contributed by atoms with Crippen LogP contribution < -0.4 is 4.90 Å². The third-order valence-corrected chi connectivity index (χ3v) is 3.16. The molecule has 0 saturated carbocycles. The average Bonchev–Trinajstić information content (AvgIpc) is 2.49. The van der Waals surface area contributed by atoms with E-state index in [0.29, 0.717) is 24.7 Å². The molecule has 2 heterocycles. The largest absolute Gasteiger partial charge is 0.481 e. The van der Waals surface area contributed by atoms with E-state index in [4.69, 9.17) is 5.11 Å². The Morgan fingerprint density at radius 1 is 1.61 bits per heavy atom. The third kappa shape index (κ3) is 2.01. The van der Waals surface area contributed by atoms with Crippen molar-refractivity contribution in [2.45, 2.75) is 13.3 Å². The van der Waals surface area contributed by atoms with Crippen LogP contribution in [0.1, 0.15) is 12.2 Å². The molecule has 0 radical (unpaired) electrons. The van der Waals surface area contributed by atoms with Crippen LogP contribution in [0.5, 0.6) is 0 Å². The van der Waals surface area contributed by atoms with Crippen LogP contribution in [-0.2, 0) is 11.8 Å². The molecule has 8 heteroatoms. The molecule has 8 nitrogen and oxygen atoms in total. The lowest BCUT2D eigenvalue weighted by Gasteiger charge is -2.39. The maximum Gasteiger partial charge on any atom is 0.406 e. The predicted molar refractivity (Wildman–Crippen MR) is 62.6 cm³/mol. The van der Waals surface area contributed by atoms with E-state index in [0.717, 1.165) is 0 Å². The summed E-state index contributed by atoms with van der Waals surface area (Å²) in [6, 6.07) is 0. The van der Waals surface area contributed by atoms with E-state index in [1.165, 1.54) is 0 Å². The van der Waals surface area contributed by atoms with E-state index in [-0.39, 0.29) is 18.2 Å². The number of imidazole rings is 1. The van der Waals surface area contributed by atoms with E-state index in [1.54, 1.807) is 23.4 Å². The molecule has 18 heavy (non-hydrogen) atoms. The number of rotatable bonds is 4. The highest BCUT2D eigenvalue weighted by Crippen LogP contribution is 2.33. The number of anilines is 1. The van der Waals surface area contributed by atoms with Gasteiger partial charge in [-0.15, -0.1) is 0 Å². The number of hydrogen-bond donors (Lipinski definition) is 1. The summed E-state index contributed by atoms with van der Waals surface area (Å²) in [7, 11) is 1.72. The maximum absolute atomic E-state index is 10.9. The van der Waals surface area contributed by atoms with Crippen LogP contribution in [0.4, 0.5) is 11.6 Å². The number of aliphatic carboxylic acids is 1. The van der Waals surface area contributed by atoms with E-state index < -0.39 is 10.9 Å². The normalized spacial score (nSPS) is 15.6. The van der Waals surface area contributed by atoms with Crippen LogP contribution >= 0.6 is 0 Å². The second-order valence-electron chi connectivity index (χ2n) is 4.49. The van der Waals surface area contributed by atoms with Crippen LogP contribution in [0.15, 0.2) is 0 Å². The molecule has 0 bridgehead atoms. The van der Waals surface area contributed by atoms with Crippen molar-refractivity contribution in [2.75, 3.05) is 18.0 Å². The minimum Gasteiger partial charge on any atom is -0.481 e. The molecule has 0 unspecified atom stereocenters. The molecule has 0 atom stereocenters. The molecule has 1 aliphatic rings. The molecule has 0 amide bonds. The molecular formula is C10H14N4O4. The molecule has 0 aliphatic carbocycles. The fourth-order valence-corrected chi connectivity index (χ4v) is 2.18. The van der Waals surface area contributed by atoms with Gasteiger partial charge in [-0.25, -0.2) is 0 Å². The maximum atomic E-state index is 10.9. The van der Waals surface area contributed by atoms with Crippen molar-refractivity contribution in [1.29, 1.82) is 0 Å². The number of hydrogen-bond acceptors (Lipinski definition) is 5. The summed E-state index contributed by atoms with van der Waals surface area (Å²) in [4.78, 5) is 26.6. The molecule has 98 valence electrons. The molecule has 0 spiro atoms. The van der Waals surface area contributed by atoms with Gasteiger partial charge in [0, 0.05) is 33.0 Å². The third-order valence-electron chi connectivity index (χ3n) is 3.16. The number of carboxylic acids is 1. The molecule has 1 N–H and O–H groups in total. The standard InChI is InChI=1S/C10H14N4O4/c1-6-11-9(14(17)18)10(12(6)2)13-4-7(5-13)3-8(15)16/h7H,3-5H2,1-2H3,(H,15,16). The van der Waals surface area contributed by atoms with Gasteiger partial charge >= 0.3 is 11.8 Å².